The van der Waals surface area contributed by atoms with E-state index in [-0.39, 0.29) is 18.6 Å². The molecule has 2 heterocycles. The molecular formula is C16H23N3O4. The number of fused-ring (bicyclic) bond motifs is 1. The summed E-state index contributed by atoms with van der Waals surface area (Å²) in [6, 6.07) is 0. The van der Waals surface area contributed by atoms with Gasteiger partial charge >= 0.3 is 5.97 Å². The van der Waals surface area contributed by atoms with E-state index < -0.39 is 5.97 Å². The highest BCUT2D eigenvalue weighted by Crippen LogP contribution is 2.26. The van der Waals surface area contributed by atoms with Crippen LogP contribution in [0, 0.1) is 0 Å². The highest BCUT2D eigenvalue weighted by Gasteiger charge is 2.29. The predicted octanol–water partition coefficient (Wildman–Crippen LogP) is 0.532. The molecule has 1 fully saturated rings. The Kier molecular flexibility index (Phi) is 4.66. The number of aromatic nitrogens is 2. The van der Waals surface area contributed by atoms with Gasteiger partial charge in [-0.3, -0.25) is 9.48 Å². The number of hydrogen-bond donors (Lipinski definition) is 1. The Morgan fingerprint density at radius 3 is 2.74 bits per heavy atom. The molecule has 1 amide bonds. The van der Waals surface area contributed by atoms with E-state index in [4.69, 9.17) is 4.74 Å². The van der Waals surface area contributed by atoms with E-state index in [2.05, 4.69) is 5.10 Å². The van der Waals surface area contributed by atoms with Crippen molar-refractivity contribution in [3.8, 4) is 0 Å². The maximum absolute atomic E-state index is 12.4. The zero-order valence-corrected chi connectivity index (χ0v) is 13.5. The molecule has 1 aliphatic carbocycles. The smallest absolute Gasteiger partial charge is 0.359 e. The number of carbonyl (C=O) groups is 2. The van der Waals surface area contributed by atoms with Gasteiger partial charge in [0.1, 0.15) is 6.54 Å². The Labute approximate surface area is 135 Å². The fraction of sp³-hybridized carbons (Fsp3) is 0.688. The van der Waals surface area contributed by atoms with Crippen molar-refractivity contribution in [2.75, 3.05) is 19.7 Å². The molecule has 0 radical (unpaired) electrons. The molecule has 0 aromatic carbocycles. The minimum Gasteiger partial charge on any atom is -0.461 e. The summed E-state index contributed by atoms with van der Waals surface area (Å²) in [4.78, 5) is 26.2. The molecule has 0 bridgehead atoms. The van der Waals surface area contributed by atoms with Gasteiger partial charge in [0.15, 0.2) is 5.69 Å². The van der Waals surface area contributed by atoms with Crippen molar-refractivity contribution in [2.24, 2.45) is 0 Å². The van der Waals surface area contributed by atoms with Crippen LogP contribution in [0.4, 0.5) is 0 Å². The van der Waals surface area contributed by atoms with Gasteiger partial charge in [0.2, 0.25) is 5.91 Å². The summed E-state index contributed by atoms with van der Waals surface area (Å²) in [5.41, 5.74) is 2.28. The van der Waals surface area contributed by atoms with Crippen molar-refractivity contribution in [1.29, 1.82) is 0 Å². The Balaban J connectivity index is 1.74. The molecule has 126 valence electrons. The second-order valence-corrected chi connectivity index (χ2v) is 6.12. The Morgan fingerprint density at radius 1 is 1.30 bits per heavy atom. The van der Waals surface area contributed by atoms with Gasteiger partial charge in [-0.15, -0.1) is 0 Å². The van der Waals surface area contributed by atoms with Crippen LogP contribution in [0.5, 0.6) is 0 Å². The van der Waals surface area contributed by atoms with Gasteiger partial charge in [-0.25, -0.2) is 4.79 Å². The molecule has 0 spiro atoms. The monoisotopic (exact) mass is 321 g/mol. The zero-order chi connectivity index (χ0) is 16.4. The number of nitrogens with zero attached hydrogens (tertiary/aromatic N) is 3. The molecule has 1 saturated heterocycles. The maximum atomic E-state index is 12.4. The van der Waals surface area contributed by atoms with Crippen molar-refractivity contribution in [3.63, 3.8) is 0 Å². The third-order valence-electron chi connectivity index (χ3n) is 4.58. The summed E-state index contributed by atoms with van der Waals surface area (Å²) in [5.74, 6) is -0.414. The van der Waals surface area contributed by atoms with Gasteiger partial charge in [-0.2, -0.15) is 5.10 Å². The van der Waals surface area contributed by atoms with Crippen LogP contribution in [0.3, 0.4) is 0 Å². The number of esters is 1. The molecular weight excluding hydrogens is 298 g/mol. The number of likely N-dealkylation sites (tertiary alicyclic amines) is 1. The molecule has 7 heteroatoms. The Hall–Kier alpha value is -1.89. The number of carbonyl (C=O) groups excluding carboxylic acids is 2. The quantitative estimate of drug-likeness (QED) is 0.818. The second-order valence-electron chi connectivity index (χ2n) is 6.12. The first-order chi connectivity index (χ1) is 11.1. The summed E-state index contributed by atoms with van der Waals surface area (Å²) in [5, 5.41) is 13.9. The summed E-state index contributed by atoms with van der Waals surface area (Å²) < 4.78 is 6.73. The number of amides is 1. The fourth-order valence-electron chi connectivity index (χ4n) is 3.35. The first-order valence-corrected chi connectivity index (χ1v) is 8.31. The Bertz CT molecular complexity index is 603. The lowest BCUT2D eigenvalue weighted by Gasteiger charge is -2.29. The van der Waals surface area contributed by atoms with Crippen LogP contribution in [0.15, 0.2) is 0 Å². The summed E-state index contributed by atoms with van der Waals surface area (Å²) in [6.07, 6.45) is 3.57. The molecule has 1 aromatic heterocycles. The molecule has 3 rings (SSSR count). The zero-order valence-electron chi connectivity index (χ0n) is 13.5. The van der Waals surface area contributed by atoms with Gasteiger partial charge < -0.3 is 14.7 Å². The molecule has 1 N–H and O–H groups in total. The van der Waals surface area contributed by atoms with E-state index in [1.807, 2.05) is 0 Å². The van der Waals surface area contributed by atoms with Crippen LogP contribution in [0.1, 0.15) is 47.9 Å². The van der Waals surface area contributed by atoms with E-state index in [9.17, 15) is 14.7 Å². The number of rotatable bonds is 4. The highest BCUT2D eigenvalue weighted by atomic mass is 16.5. The maximum Gasteiger partial charge on any atom is 0.359 e. The highest BCUT2D eigenvalue weighted by molar-refractivity contribution is 5.89. The molecule has 1 aromatic rings. The van der Waals surface area contributed by atoms with Gasteiger partial charge in [0.05, 0.1) is 12.7 Å². The van der Waals surface area contributed by atoms with Gasteiger partial charge in [-0.05, 0) is 39.0 Å². The van der Waals surface area contributed by atoms with Gasteiger partial charge in [-0.1, -0.05) is 0 Å². The van der Waals surface area contributed by atoms with Crippen LogP contribution >= 0.6 is 0 Å². The first-order valence-electron chi connectivity index (χ1n) is 8.31. The third kappa shape index (κ3) is 3.24. The molecule has 0 unspecified atom stereocenters. The number of hydrogen-bond acceptors (Lipinski definition) is 5. The summed E-state index contributed by atoms with van der Waals surface area (Å²) in [7, 11) is 0. The Morgan fingerprint density at radius 2 is 2.04 bits per heavy atom. The van der Waals surface area contributed by atoms with Crippen molar-refractivity contribution < 1.29 is 19.4 Å². The predicted molar refractivity (Wildman–Crippen MR) is 82.0 cm³/mol. The number of aliphatic hydroxyl groups excluding tert-OH is 1. The molecule has 0 saturated carbocycles. The molecule has 23 heavy (non-hydrogen) atoms. The van der Waals surface area contributed by atoms with Gasteiger partial charge in [0.25, 0.3) is 0 Å². The van der Waals surface area contributed by atoms with Gasteiger partial charge in [0, 0.05) is 24.3 Å². The van der Waals surface area contributed by atoms with E-state index in [1.165, 1.54) is 0 Å². The minimum atomic E-state index is -0.405. The number of ether oxygens (including phenoxy) is 1. The summed E-state index contributed by atoms with van der Waals surface area (Å²) >= 11 is 0. The lowest BCUT2D eigenvalue weighted by molar-refractivity contribution is -0.134. The van der Waals surface area contributed by atoms with Crippen molar-refractivity contribution in [2.45, 2.75) is 51.7 Å². The van der Waals surface area contributed by atoms with E-state index in [0.717, 1.165) is 30.5 Å². The largest absolute Gasteiger partial charge is 0.461 e. The van der Waals surface area contributed by atoms with Crippen LogP contribution < -0.4 is 0 Å². The second kappa shape index (κ2) is 6.70. The van der Waals surface area contributed by atoms with Crippen molar-refractivity contribution in [3.05, 3.63) is 17.0 Å². The van der Waals surface area contributed by atoms with Crippen molar-refractivity contribution in [1.82, 2.24) is 14.7 Å². The summed E-state index contributed by atoms with van der Waals surface area (Å²) in [6.45, 7) is 3.39. The third-order valence-corrected chi connectivity index (χ3v) is 4.58. The standard InChI is InChI=1S/C16H23N3O4/c1-2-23-16(22)15-12-4-3-5-13(12)19(17-15)10-14(21)18-8-6-11(20)7-9-18/h11,20H,2-10H2,1H3. The lowest BCUT2D eigenvalue weighted by Crippen LogP contribution is -2.41. The topological polar surface area (TPSA) is 84.7 Å². The average Bonchev–Trinajstić information content (AvgIpc) is 3.12. The molecule has 0 atom stereocenters. The number of piperidine rings is 1. The number of aliphatic hydroxyl groups is 1. The van der Waals surface area contributed by atoms with E-state index in [1.54, 1.807) is 16.5 Å². The minimum absolute atomic E-state index is 0.00971. The lowest BCUT2D eigenvalue weighted by atomic mass is 10.1. The van der Waals surface area contributed by atoms with E-state index in [0.29, 0.717) is 38.2 Å². The first kappa shape index (κ1) is 16.0. The van der Waals surface area contributed by atoms with Crippen molar-refractivity contribution >= 4 is 11.9 Å². The van der Waals surface area contributed by atoms with Crippen LogP contribution in [0.25, 0.3) is 0 Å². The molecule has 7 nitrogen and oxygen atoms in total. The van der Waals surface area contributed by atoms with Crippen LogP contribution in [-0.4, -0.2) is 57.5 Å². The fourth-order valence-corrected chi connectivity index (χ4v) is 3.35. The average molecular weight is 321 g/mol. The molecule has 2 aliphatic rings. The normalized spacial score (nSPS) is 18.1. The van der Waals surface area contributed by atoms with Crippen LogP contribution in [0.2, 0.25) is 0 Å². The van der Waals surface area contributed by atoms with E-state index >= 15 is 0 Å². The molecule has 1 aliphatic heterocycles. The van der Waals surface area contributed by atoms with Crippen LogP contribution in [-0.2, 0) is 28.9 Å². The SMILES string of the molecule is CCOC(=O)c1nn(CC(=O)N2CCC(O)CC2)c2c1CCC2.